The summed E-state index contributed by atoms with van der Waals surface area (Å²) < 4.78 is 13.4. The van der Waals surface area contributed by atoms with Gasteiger partial charge in [-0.2, -0.15) is 0 Å². The topological polar surface area (TPSA) is 164 Å². The highest BCUT2D eigenvalue weighted by Crippen LogP contribution is 2.07. The van der Waals surface area contributed by atoms with Crippen molar-refractivity contribution in [3.63, 3.8) is 0 Å². The van der Waals surface area contributed by atoms with E-state index in [-0.39, 0.29) is 48.3 Å². The van der Waals surface area contributed by atoms with Crippen molar-refractivity contribution >= 4 is 78.9 Å². The first-order valence-electron chi connectivity index (χ1n) is 14.4. The molecule has 0 heterocycles. The van der Waals surface area contributed by atoms with Gasteiger partial charge in [-0.05, 0) is 38.5 Å². The van der Waals surface area contributed by atoms with Gasteiger partial charge in [0.15, 0.2) is 0 Å². The average molecular weight is 745 g/mol. The molecule has 0 rings (SSSR count). The van der Waals surface area contributed by atoms with Crippen molar-refractivity contribution in [1.82, 2.24) is 0 Å². The Bertz CT molecular complexity index is 791. The lowest BCUT2D eigenvalue weighted by atomic mass is 10.1. The zero-order valence-electron chi connectivity index (χ0n) is 26.0. The fourth-order valence-corrected chi connectivity index (χ4v) is 3.73. The molecule has 0 saturated carbocycles. The van der Waals surface area contributed by atoms with Gasteiger partial charge in [0.05, 0.1) is 13.2 Å². The summed E-state index contributed by atoms with van der Waals surface area (Å²) in [4.78, 5) is 86.1. The van der Waals surface area contributed by atoms with E-state index in [1.807, 2.05) is 0 Å². The van der Waals surface area contributed by atoms with Crippen LogP contribution in [-0.4, -0.2) is 70.9 Å². The Morgan fingerprint density at radius 1 is 0.395 bits per heavy atom. The van der Waals surface area contributed by atoms with Gasteiger partial charge < -0.3 is 14.2 Å². The third-order valence-corrected chi connectivity index (χ3v) is 6.22. The summed E-state index contributed by atoms with van der Waals surface area (Å²) in [5.41, 5.74) is 0. The Balaban J connectivity index is -0.000000630. The van der Waals surface area contributed by atoms with E-state index in [1.165, 1.54) is 27.7 Å². The molecule has 0 N–H and O–H groups in total. The van der Waals surface area contributed by atoms with Crippen LogP contribution in [0.5, 0.6) is 0 Å². The van der Waals surface area contributed by atoms with E-state index in [1.54, 1.807) is 0 Å². The van der Waals surface area contributed by atoms with Gasteiger partial charge in [-0.25, -0.2) is 0 Å². The van der Waals surface area contributed by atoms with Crippen LogP contribution in [0.2, 0.25) is 0 Å². The zero-order valence-corrected chi connectivity index (χ0v) is 29.1. The van der Waals surface area contributed by atoms with Crippen LogP contribution in [0.4, 0.5) is 0 Å². The predicted molar refractivity (Wildman–Crippen MR) is 168 cm³/mol. The highest BCUT2D eigenvalue weighted by atomic mass is 79.9. The minimum absolute atomic E-state index is 0.0786. The fourth-order valence-electron chi connectivity index (χ4n) is 3.17. The smallest absolute Gasteiger partial charge is 0.310 e. The van der Waals surface area contributed by atoms with Crippen LogP contribution in [0.1, 0.15) is 118 Å². The van der Waals surface area contributed by atoms with Crippen LogP contribution in [0.25, 0.3) is 0 Å². The quantitative estimate of drug-likeness (QED) is 0.0438. The van der Waals surface area contributed by atoms with Crippen molar-refractivity contribution in [2.75, 3.05) is 23.9 Å². The maximum Gasteiger partial charge on any atom is 0.310 e. The van der Waals surface area contributed by atoms with Crippen molar-refractivity contribution in [2.45, 2.75) is 118 Å². The fraction of sp³-hybridized carbons (Fsp3) is 0.733. The molecule has 43 heavy (non-hydrogen) atoms. The lowest BCUT2D eigenvalue weighted by Gasteiger charge is -2.03. The Morgan fingerprint density at radius 3 is 0.860 bits per heavy atom. The van der Waals surface area contributed by atoms with Gasteiger partial charge in [0, 0.05) is 89.7 Å². The molecule has 0 aromatic rings. The van der Waals surface area contributed by atoms with Gasteiger partial charge in [-0.15, -0.1) is 0 Å². The number of Topliss-reactive ketones (excluding diaryl/α,β-unsaturated/α-hetero) is 4. The third-order valence-electron chi connectivity index (χ3n) is 5.10. The largest absolute Gasteiger partial charge is 0.466 e. The second-order valence-corrected chi connectivity index (χ2v) is 11.0. The second-order valence-electron chi connectivity index (χ2n) is 9.42. The summed E-state index contributed by atoms with van der Waals surface area (Å²) in [5.74, 6) is -1.10. The summed E-state index contributed by atoms with van der Waals surface area (Å²) >= 11 is 6.57. The molecule has 0 aliphatic rings. The molecule has 0 radical (unpaired) electrons. The summed E-state index contributed by atoms with van der Waals surface area (Å²) in [6.45, 7) is 5.54. The van der Waals surface area contributed by atoms with Crippen molar-refractivity contribution in [1.29, 1.82) is 0 Å². The SMILES string of the molecule is CC(=O)OC(C)=O.CC(=O)OCCCC(=O)CCCC(=O)CCCOC(C)=O.O=C(CCCBr)CCCC(=O)CCCBr. The minimum Gasteiger partial charge on any atom is -0.466 e. The number of hydrogen-bond acceptors (Lipinski definition) is 11. The average Bonchev–Trinajstić information content (AvgIpc) is 2.91. The van der Waals surface area contributed by atoms with Gasteiger partial charge in [-0.1, -0.05) is 31.9 Å². The molecule has 0 atom stereocenters. The summed E-state index contributed by atoms with van der Waals surface area (Å²) in [5, 5.41) is 1.76. The molecular weight excluding hydrogens is 696 g/mol. The number of ether oxygens (including phenoxy) is 3. The van der Waals surface area contributed by atoms with E-state index >= 15 is 0 Å². The van der Waals surface area contributed by atoms with E-state index in [4.69, 9.17) is 9.47 Å². The molecule has 0 bridgehead atoms. The summed E-state index contributed by atoms with van der Waals surface area (Å²) in [6, 6.07) is 0. The van der Waals surface area contributed by atoms with Crippen LogP contribution in [0.15, 0.2) is 0 Å². The van der Waals surface area contributed by atoms with E-state index < -0.39 is 11.9 Å². The Hall–Kier alpha value is -2.28. The van der Waals surface area contributed by atoms with Gasteiger partial charge >= 0.3 is 23.9 Å². The third kappa shape index (κ3) is 44.3. The first-order chi connectivity index (χ1) is 20.2. The van der Waals surface area contributed by atoms with Crippen molar-refractivity contribution in [3.8, 4) is 0 Å². The highest BCUT2D eigenvalue weighted by Gasteiger charge is 2.07. The molecule has 0 fully saturated rings. The first-order valence-corrected chi connectivity index (χ1v) is 16.6. The zero-order chi connectivity index (χ0) is 33.5. The van der Waals surface area contributed by atoms with Gasteiger partial charge in [0.25, 0.3) is 0 Å². The predicted octanol–water partition coefficient (Wildman–Crippen LogP) is 5.72. The number of ketones is 4. The second kappa shape index (κ2) is 32.6. The van der Waals surface area contributed by atoms with E-state index in [0.717, 1.165) is 29.9 Å². The lowest BCUT2D eigenvalue weighted by molar-refractivity contribution is -0.156. The lowest BCUT2D eigenvalue weighted by Crippen LogP contribution is -2.06. The van der Waals surface area contributed by atoms with Gasteiger partial charge in [0.1, 0.15) is 23.1 Å². The van der Waals surface area contributed by atoms with Gasteiger partial charge in [0.2, 0.25) is 0 Å². The standard InChI is InChI=1S/C15H24O6.C11H18Br2O2.C4H6O3/c1-12(16)20-10-4-8-14(18)6-3-7-15(19)9-5-11-21-13(2)17;12-8-2-6-10(14)4-1-5-11(15)7-3-9-13;1-3(5)7-4(2)6/h3-11H2,1-2H3;1-9H2;1-2H3. The van der Waals surface area contributed by atoms with Crippen molar-refractivity contribution in [2.24, 2.45) is 0 Å². The number of carbonyl (C=O) groups is 8. The van der Waals surface area contributed by atoms with Crippen LogP contribution in [0.3, 0.4) is 0 Å². The molecule has 11 nitrogen and oxygen atoms in total. The normalized spacial score (nSPS) is 9.72. The Morgan fingerprint density at radius 2 is 0.651 bits per heavy atom. The van der Waals surface area contributed by atoms with Gasteiger partial charge in [-0.3, -0.25) is 38.4 Å². The van der Waals surface area contributed by atoms with Crippen molar-refractivity contribution < 1.29 is 52.6 Å². The van der Waals surface area contributed by atoms with Crippen LogP contribution in [-0.2, 0) is 52.6 Å². The Kier molecular flexibility index (Phi) is 34.3. The number of esters is 4. The minimum atomic E-state index is -0.562. The maximum absolute atomic E-state index is 11.5. The summed E-state index contributed by atoms with van der Waals surface area (Å²) in [7, 11) is 0. The molecular formula is C30H48Br2O11. The van der Waals surface area contributed by atoms with Crippen molar-refractivity contribution in [3.05, 3.63) is 0 Å². The molecule has 0 unspecified atom stereocenters. The monoisotopic (exact) mass is 742 g/mol. The molecule has 0 spiro atoms. The molecule has 248 valence electrons. The Labute approximate surface area is 272 Å². The van der Waals surface area contributed by atoms with E-state index in [0.29, 0.717) is 70.6 Å². The molecule has 0 aliphatic heterocycles. The number of carbonyl (C=O) groups excluding carboxylic acids is 8. The molecule has 13 heteroatoms. The number of rotatable bonds is 22. The van der Waals surface area contributed by atoms with Crippen LogP contribution in [0, 0.1) is 0 Å². The highest BCUT2D eigenvalue weighted by molar-refractivity contribution is 9.09. The number of hydrogen-bond donors (Lipinski definition) is 0. The van der Waals surface area contributed by atoms with Crippen LogP contribution < -0.4 is 0 Å². The molecule has 0 aromatic carbocycles. The summed E-state index contributed by atoms with van der Waals surface area (Å²) in [6.07, 6.45) is 7.99. The number of halogens is 2. The molecule has 0 aliphatic carbocycles. The number of alkyl halides is 2. The molecule has 0 aromatic heterocycles. The maximum atomic E-state index is 11.5. The molecule has 0 saturated heterocycles. The molecule has 0 amide bonds. The van der Waals surface area contributed by atoms with E-state index in [9.17, 15) is 38.4 Å². The van der Waals surface area contributed by atoms with Crippen LogP contribution >= 0.6 is 31.9 Å². The first kappa shape index (κ1) is 45.2. The van der Waals surface area contributed by atoms with E-state index in [2.05, 4.69) is 36.6 Å².